The number of nitrogens with one attached hydrogen (secondary N) is 1. The molecule has 2 aromatic rings. The molecule has 6 nitrogen and oxygen atoms in total. The van der Waals surface area contributed by atoms with E-state index in [-0.39, 0.29) is 10.8 Å². The second-order valence-electron chi connectivity index (χ2n) is 6.12. The zero-order valence-electron chi connectivity index (χ0n) is 14.9. The Morgan fingerprint density at radius 3 is 2.31 bits per heavy atom. The summed E-state index contributed by atoms with van der Waals surface area (Å²) in [6, 6.07) is 10.5. The van der Waals surface area contributed by atoms with Crippen molar-refractivity contribution in [1.29, 1.82) is 0 Å². The first kappa shape index (κ1) is 20.9. The molecule has 0 spiro atoms. The van der Waals surface area contributed by atoms with Gasteiger partial charge in [0.05, 0.1) is 10.9 Å². The number of sulfonamides is 1. The van der Waals surface area contributed by atoms with E-state index >= 15 is 0 Å². The van der Waals surface area contributed by atoms with Gasteiger partial charge in [0.15, 0.2) is 0 Å². The van der Waals surface area contributed by atoms with Crippen LogP contribution in [-0.2, 0) is 21.2 Å². The van der Waals surface area contributed by atoms with Crippen LogP contribution < -0.4 is 5.32 Å². The van der Waals surface area contributed by atoms with E-state index in [9.17, 15) is 13.2 Å². The molecule has 1 aromatic carbocycles. The van der Waals surface area contributed by atoms with Crippen LogP contribution >= 0.6 is 22.9 Å². The lowest BCUT2D eigenvalue weighted by Gasteiger charge is -2.16. The van der Waals surface area contributed by atoms with Crippen molar-refractivity contribution in [3.05, 3.63) is 46.3 Å². The smallest absolute Gasteiger partial charge is 0.252 e. The predicted molar refractivity (Wildman–Crippen MR) is 106 cm³/mol. The van der Waals surface area contributed by atoms with Gasteiger partial charge < -0.3 is 10.2 Å². The molecule has 0 radical (unpaired) electrons. The molecule has 9 heteroatoms. The summed E-state index contributed by atoms with van der Waals surface area (Å²) in [4.78, 5) is 14.3. The number of carbonyl (C=O) groups is 1. The van der Waals surface area contributed by atoms with E-state index in [1.807, 2.05) is 38.4 Å². The van der Waals surface area contributed by atoms with Crippen molar-refractivity contribution < 1.29 is 13.2 Å². The number of carbonyl (C=O) groups excluding carboxylic acids is 1. The highest BCUT2D eigenvalue weighted by atomic mass is 35.5. The lowest BCUT2D eigenvalue weighted by Crippen LogP contribution is -2.34. The number of halogens is 1. The van der Waals surface area contributed by atoms with Gasteiger partial charge in [-0.25, -0.2) is 8.42 Å². The highest BCUT2D eigenvalue weighted by Gasteiger charge is 2.24. The summed E-state index contributed by atoms with van der Waals surface area (Å²) in [5, 5.41) is 2.72. The largest absolute Gasteiger partial charge is 0.325 e. The van der Waals surface area contributed by atoms with Crippen molar-refractivity contribution >= 4 is 44.6 Å². The van der Waals surface area contributed by atoms with E-state index in [4.69, 9.17) is 11.6 Å². The van der Waals surface area contributed by atoms with Gasteiger partial charge in [0.2, 0.25) is 5.91 Å². The fourth-order valence-corrected chi connectivity index (χ4v) is 5.01. The fraction of sp³-hybridized carbons (Fsp3) is 0.353. The van der Waals surface area contributed by atoms with E-state index in [0.717, 1.165) is 28.6 Å². The minimum absolute atomic E-state index is 0.114. The van der Waals surface area contributed by atoms with E-state index < -0.39 is 15.9 Å². The maximum atomic E-state index is 12.4. The summed E-state index contributed by atoms with van der Waals surface area (Å²) >= 11 is 6.75. The van der Waals surface area contributed by atoms with E-state index in [1.165, 1.54) is 24.7 Å². The third-order valence-electron chi connectivity index (χ3n) is 3.66. The van der Waals surface area contributed by atoms with Crippen LogP contribution in [0.1, 0.15) is 5.56 Å². The zero-order valence-corrected chi connectivity index (χ0v) is 17.3. The quantitative estimate of drug-likeness (QED) is 0.719. The molecule has 2 rings (SSSR count). The van der Waals surface area contributed by atoms with Crippen LogP contribution in [0.5, 0.6) is 0 Å². The minimum atomic E-state index is -3.73. The van der Waals surface area contributed by atoms with Crippen LogP contribution in [0.15, 0.2) is 40.6 Å². The van der Waals surface area contributed by atoms with Crippen molar-refractivity contribution in [3.8, 4) is 0 Å². The molecule has 0 fully saturated rings. The van der Waals surface area contributed by atoms with Gasteiger partial charge in [-0.1, -0.05) is 23.7 Å². The molecule has 0 saturated carbocycles. The number of amides is 1. The summed E-state index contributed by atoms with van der Waals surface area (Å²) in [6.45, 7) is 0.668. The Kier molecular flexibility index (Phi) is 7.19. The maximum Gasteiger partial charge on any atom is 0.252 e. The number of hydrogen-bond donors (Lipinski definition) is 1. The number of anilines is 1. The molecule has 0 aliphatic rings. The zero-order chi connectivity index (χ0) is 19.3. The lowest BCUT2D eigenvalue weighted by atomic mass is 10.1. The molecule has 0 aliphatic carbocycles. The number of rotatable bonds is 8. The van der Waals surface area contributed by atoms with E-state index in [2.05, 4.69) is 10.2 Å². The molecule has 1 heterocycles. The van der Waals surface area contributed by atoms with Gasteiger partial charge in [-0.15, -0.1) is 11.3 Å². The molecule has 0 atom stereocenters. The number of nitrogens with zero attached hydrogens (tertiary/aromatic N) is 2. The van der Waals surface area contributed by atoms with Crippen LogP contribution in [-0.4, -0.2) is 57.8 Å². The van der Waals surface area contributed by atoms with Crippen LogP contribution in [0.4, 0.5) is 5.69 Å². The summed E-state index contributed by atoms with van der Waals surface area (Å²) in [7, 11) is 1.68. The summed E-state index contributed by atoms with van der Waals surface area (Å²) < 4.78 is 26.3. The SMILES string of the molecule is CN(C)CCc1ccc(NC(=O)CN(C)S(=O)(=O)c2ccc(Cl)s2)cc1. The number of hydrogen-bond acceptors (Lipinski definition) is 5. The molecular weight excluding hydrogens is 394 g/mol. The van der Waals surface area contributed by atoms with Crippen LogP contribution in [0.2, 0.25) is 4.34 Å². The second-order valence-corrected chi connectivity index (χ2v) is 10.1. The van der Waals surface area contributed by atoms with Gasteiger partial charge in [0, 0.05) is 19.3 Å². The van der Waals surface area contributed by atoms with E-state index in [0.29, 0.717) is 10.0 Å². The molecule has 1 amide bonds. The van der Waals surface area contributed by atoms with Gasteiger partial charge in [0.25, 0.3) is 10.0 Å². The predicted octanol–water partition coefficient (Wildman–Crippen LogP) is 2.76. The molecule has 1 N–H and O–H groups in total. The van der Waals surface area contributed by atoms with Crippen molar-refractivity contribution in [2.24, 2.45) is 0 Å². The van der Waals surface area contributed by atoms with Gasteiger partial charge in [-0.3, -0.25) is 4.79 Å². The first-order chi connectivity index (χ1) is 12.2. The summed E-state index contributed by atoms with van der Waals surface area (Å²) in [5.41, 5.74) is 1.81. The van der Waals surface area contributed by atoms with E-state index in [1.54, 1.807) is 0 Å². The van der Waals surface area contributed by atoms with Gasteiger partial charge in [-0.05, 0) is 50.3 Å². The average Bonchev–Trinajstić information content (AvgIpc) is 3.01. The van der Waals surface area contributed by atoms with Crippen LogP contribution in [0.3, 0.4) is 0 Å². The van der Waals surface area contributed by atoms with Gasteiger partial charge in [0.1, 0.15) is 4.21 Å². The standard InChI is InChI=1S/C17H22ClN3O3S2/c1-20(2)11-10-13-4-6-14(7-5-13)19-16(22)12-21(3)26(23,24)17-9-8-15(18)25-17/h4-9H,10-12H2,1-3H3,(H,19,22). The number of thiophene rings is 1. The lowest BCUT2D eigenvalue weighted by molar-refractivity contribution is -0.116. The topological polar surface area (TPSA) is 69.7 Å². The van der Waals surface area contributed by atoms with Gasteiger partial charge in [-0.2, -0.15) is 4.31 Å². The summed E-state index contributed by atoms with van der Waals surface area (Å²) in [6.07, 6.45) is 0.922. The fourth-order valence-electron chi connectivity index (χ4n) is 2.19. The Morgan fingerprint density at radius 2 is 1.77 bits per heavy atom. The summed E-state index contributed by atoms with van der Waals surface area (Å²) in [5.74, 6) is -0.403. The molecule has 0 saturated heterocycles. The third kappa shape index (κ3) is 5.78. The van der Waals surface area contributed by atoms with Crippen LogP contribution in [0.25, 0.3) is 0 Å². The molecular formula is C17H22ClN3O3S2. The highest BCUT2D eigenvalue weighted by molar-refractivity contribution is 7.91. The van der Waals surface area contributed by atoms with Crippen molar-refractivity contribution in [2.45, 2.75) is 10.6 Å². The Morgan fingerprint density at radius 1 is 1.12 bits per heavy atom. The Balaban J connectivity index is 1.93. The third-order valence-corrected chi connectivity index (χ3v) is 7.17. The molecule has 0 unspecified atom stereocenters. The maximum absolute atomic E-state index is 12.4. The van der Waals surface area contributed by atoms with Crippen molar-refractivity contribution in [2.75, 3.05) is 39.5 Å². The van der Waals surface area contributed by atoms with Crippen LogP contribution in [0, 0.1) is 0 Å². The Hall–Kier alpha value is -1.45. The average molecular weight is 416 g/mol. The monoisotopic (exact) mass is 415 g/mol. The molecule has 1 aromatic heterocycles. The molecule has 0 aliphatic heterocycles. The minimum Gasteiger partial charge on any atom is -0.325 e. The first-order valence-corrected chi connectivity index (χ1v) is 10.6. The highest BCUT2D eigenvalue weighted by Crippen LogP contribution is 2.27. The molecule has 26 heavy (non-hydrogen) atoms. The molecule has 0 bridgehead atoms. The second kappa shape index (κ2) is 8.96. The first-order valence-electron chi connectivity index (χ1n) is 7.93. The van der Waals surface area contributed by atoms with Crippen molar-refractivity contribution in [3.63, 3.8) is 0 Å². The number of benzene rings is 1. The Bertz CT molecular complexity index is 848. The van der Waals surface area contributed by atoms with Crippen molar-refractivity contribution in [1.82, 2.24) is 9.21 Å². The normalized spacial score (nSPS) is 11.9. The van der Waals surface area contributed by atoms with Gasteiger partial charge >= 0.3 is 0 Å². The Labute approximate surface area is 163 Å². The molecule has 142 valence electrons. The number of likely N-dealkylation sites (N-methyl/N-ethyl adjacent to an activating group) is 2.